The van der Waals surface area contributed by atoms with Gasteiger partial charge in [0.05, 0.1) is 0 Å². The minimum Gasteiger partial charge on any atom is -0.362 e. The average Bonchev–Trinajstić information content (AvgIpc) is 2.19. The smallest absolute Gasteiger partial charge is 0.293 e. The summed E-state index contributed by atoms with van der Waals surface area (Å²) in [7, 11) is 0. The van der Waals surface area contributed by atoms with Crippen molar-refractivity contribution in [2.45, 2.75) is 26.8 Å². The Morgan fingerprint density at radius 2 is 2.40 bits per heavy atom. The Morgan fingerprint density at radius 1 is 1.67 bits per heavy atom. The number of aromatic nitrogens is 2. The SMILES string of the molecule is C=C(C)CNc1nccn(CCC)c1=O. The fraction of sp³-hybridized carbons (Fsp3) is 0.455. The second-order valence-corrected chi connectivity index (χ2v) is 3.59. The Kier molecular flexibility index (Phi) is 4.09. The summed E-state index contributed by atoms with van der Waals surface area (Å²) in [6, 6.07) is 0. The molecule has 0 aliphatic heterocycles. The van der Waals surface area contributed by atoms with Gasteiger partial charge in [-0.05, 0) is 13.3 Å². The summed E-state index contributed by atoms with van der Waals surface area (Å²) in [5.74, 6) is 0.397. The number of aryl methyl sites for hydroxylation is 1. The molecule has 82 valence electrons. The molecule has 1 aromatic rings. The highest BCUT2D eigenvalue weighted by molar-refractivity contribution is 5.32. The van der Waals surface area contributed by atoms with E-state index in [9.17, 15) is 4.79 Å². The third kappa shape index (κ3) is 3.23. The van der Waals surface area contributed by atoms with Gasteiger partial charge in [0.25, 0.3) is 5.56 Å². The molecule has 0 saturated carbocycles. The van der Waals surface area contributed by atoms with E-state index in [4.69, 9.17) is 0 Å². The van der Waals surface area contributed by atoms with Crippen molar-refractivity contribution in [3.8, 4) is 0 Å². The van der Waals surface area contributed by atoms with E-state index in [2.05, 4.69) is 16.9 Å². The third-order valence-corrected chi connectivity index (χ3v) is 1.94. The molecule has 4 nitrogen and oxygen atoms in total. The predicted molar refractivity (Wildman–Crippen MR) is 62.1 cm³/mol. The van der Waals surface area contributed by atoms with Crippen molar-refractivity contribution in [2.24, 2.45) is 0 Å². The number of rotatable bonds is 5. The maximum absolute atomic E-state index is 11.8. The van der Waals surface area contributed by atoms with Gasteiger partial charge in [0.15, 0.2) is 5.82 Å². The van der Waals surface area contributed by atoms with Crippen molar-refractivity contribution < 1.29 is 0 Å². The van der Waals surface area contributed by atoms with Crippen LogP contribution >= 0.6 is 0 Å². The number of anilines is 1. The second kappa shape index (κ2) is 5.34. The lowest BCUT2D eigenvalue weighted by Crippen LogP contribution is -2.24. The first-order chi connectivity index (χ1) is 7.15. The summed E-state index contributed by atoms with van der Waals surface area (Å²) in [6.45, 7) is 9.01. The summed E-state index contributed by atoms with van der Waals surface area (Å²) >= 11 is 0. The Hall–Kier alpha value is -1.58. The van der Waals surface area contributed by atoms with Gasteiger partial charge in [0.1, 0.15) is 0 Å². The third-order valence-electron chi connectivity index (χ3n) is 1.94. The summed E-state index contributed by atoms with van der Waals surface area (Å²) in [4.78, 5) is 15.8. The zero-order chi connectivity index (χ0) is 11.3. The van der Waals surface area contributed by atoms with Gasteiger partial charge in [-0.1, -0.05) is 19.1 Å². The molecule has 1 heterocycles. The molecule has 0 aliphatic carbocycles. The minimum absolute atomic E-state index is 0.0689. The number of nitrogens with one attached hydrogen (secondary N) is 1. The molecule has 4 heteroatoms. The lowest BCUT2D eigenvalue weighted by molar-refractivity contribution is 0.650. The van der Waals surface area contributed by atoms with E-state index in [0.717, 1.165) is 18.5 Å². The standard InChI is InChI=1S/C11H17N3O/c1-4-6-14-7-5-12-10(11(14)15)13-8-9(2)3/h5,7H,2,4,6,8H2,1,3H3,(H,12,13). The van der Waals surface area contributed by atoms with Gasteiger partial charge in [0.2, 0.25) is 0 Å². The Labute approximate surface area is 89.7 Å². The largest absolute Gasteiger partial charge is 0.362 e. The molecule has 15 heavy (non-hydrogen) atoms. The molecule has 0 fully saturated rings. The maximum Gasteiger partial charge on any atom is 0.293 e. The van der Waals surface area contributed by atoms with Crippen LogP contribution in [-0.2, 0) is 6.54 Å². The summed E-state index contributed by atoms with van der Waals surface area (Å²) < 4.78 is 1.66. The van der Waals surface area contributed by atoms with E-state index in [1.165, 1.54) is 0 Å². The number of hydrogen-bond donors (Lipinski definition) is 1. The summed E-state index contributed by atoms with van der Waals surface area (Å²) in [6.07, 6.45) is 4.28. The van der Waals surface area contributed by atoms with Crippen LogP contribution in [0.25, 0.3) is 0 Å². The van der Waals surface area contributed by atoms with Gasteiger partial charge >= 0.3 is 0 Å². The van der Waals surface area contributed by atoms with E-state index in [0.29, 0.717) is 12.4 Å². The summed E-state index contributed by atoms with van der Waals surface area (Å²) in [5, 5.41) is 2.97. The fourth-order valence-corrected chi connectivity index (χ4v) is 1.22. The first kappa shape index (κ1) is 11.5. The van der Waals surface area contributed by atoms with Crippen LogP contribution in [0.4, 0.5) is 5.82 Å². The fourth-order valence-electron chi connectivity index (χ4n) is 1.22. The van der Waals surface area contributed by atoms with Crippen molar-refractivity contribution >= 4 is 5.82 Å². The van der Waals surface area contributed by atoms with Crippen LogP contribution in [-0.4, -0.2) is 16.1 Å². The molecule has 0 aromatic carbocycles. The molecule has 0 atom stereocenters. The molecule has 0 bridgehead atoms. The zero-order valence-electron chi connectivity index (χ0n) is 9.29. The average molecular weight is 207 g/mol. The minimum atomic E-state index is -0.0689. The highest BCUT2D eigenvalue weighted by Gasteiger charge is 2.02. The second-order valence-electron chi connectivity index (χ2n) is 3.59. The van der Waals surface area contributed by atoms with E-state index in [1.54, 1.807) is 17.0 Å². The highest BCUT2D eigenvalue weighted by atomic mass is 16.1. The number of nitrogens with zero attached hydrogens (tertiary/aromatic N) is 2. The van der Waals surface area contributed by atoms with Gasteiger partial charge in [-0.15, -0.1) is 0 Å². The van der Waals surface area contributed by atoms with Crippen molar-refractivity contribution in [3.63, 3.8) is 0 Å². The van der Waals surface area contributed by atoms with Gasteiger partial charge in [-0.3, -0.25) is 4.79 Å². The Balaban J connectivity index is 2.84. The lowest BCUT2D eigenvalue weighted by atomic mass is 10.3. The van der Waals surface area contributed by atoms with Gasteiger partial charge in [-0.25, -0.2) is 4.98 Å². The molecular formula is C11H17N3O. The van der Waals surface area contributed by atoms with Crippen LogP contribution in [0.3, 0.4) is 0 Å². The first-order valence-corrected chi connectivity index (χ1v) is 5.09. The predicted octanol–water partition coefficient (Wildman–Crippen LogP) is 1.64. The van der Waals surface area contributed by atoms with Crippen LogP contribution in [0.5, 0.6) is 0 Å². The first-order valence-electron chi connectivity index (χ1n) is 5.09. The van der Waals surface area contributed by atoms with E-state index < -0.39 is 0 Å². The Bertz CT molecular complexity index is 395. The van der Waals surface area contributed by atoms with Crippen LogP contribution in [0.1, 0.15) is 20.3 Å². The van der Waals surface area contributed by atoms with E-state index in [-0.39, 0.29) is 5.56 Å². The van der Waals surface area contributed by atoms with Crippen LogP contribution in [0.2, 0.25) is 0 Å². The van der Waals surface area contributed by atoms with E-state index >= 15 is 0 Å². The van der Waals surface area contributed by atoms with Crippen molar-refractivity contribution in [3.05, 3.63) is 34.9 Å². The quantitative estimate of drug-likeness (QED) is 0.747. The van der Waals surface area contributed by atoms with Crippen LogP contribution in [0.15, 0.2) is 29.3 Å². The molecular weight excluding hydrogens is 190 g/mol. The van der Waals surface area contributed by atoms with Crippen molar-refractivity contribution in [2.75, 3.05) is 11.9 Å². The summed E-state index contributed by atoms with van der Waals surface area (Å²) in [5.41, 5.74) is 0.905. The van der Waals surface area contributed by atoms with E-state index in [1.807, 2.05) is 13.8 Å². The van der Waals surface area contributed by atoms with Crippen LogP contribution in [0, 0.1) is 0 Å². The normalized spacial score (nSPS) is 10.0. The molecule has 0 spiro atoms. The topological polar surface area (TPSA) is 46.9 Å². The molecule has 0 amide bonds. The molecule has 0 unspecified atom stereocenters. The molecule has 1 aromatic heterocycles. The zero-order valence-corrected chi connectivity index (χ0v) is 9.29. The molecule has 1 rings (SSSR count). The molecule has 0 saturated heterocycles. The van der Waals surface area contributed by atoms with Gasteiger partial charge < -0.3 is 9.88 Å². The van der Waals surface area contributed by atoms with Gasteiger partial charge in [-0.2, -0.15) is 0 Å². The monoisotopic (exact) mass is 207 g/mol. The Morgan fingerprint density at radius 3 is 3.00 bits per heavy atom. The molecule has 1 N–H and O–H groups in total. The molecule has 0 aliphatic rings. The number of hydrogen-bond acceptors (Lipinski definition) is 3. The van der Waals surface area contributed by atoms with Crippen molar-refractivity contribution in [1.29, 1.82) is 0 Å². The van der Waals surface area contributed by atoms with Crippen LogP contribution < -0.4 is 10.9 Å². The maximum atomic E-state index is 11.8. The van der Waals surface area contributed by atoms with Gasteiger partial charge in [0, 0.05) is 25.5 Å². The molecule has 0 radical (unpaired) electrons. The van der Waals surface area contributed by atoms with Crippen molar-refractivity contribution in [1.82, 2.24) is 9.55 Å². The lowest BCUT2D eigenvalue weighted by Gasteiger charge is -2.07. The highest BCUT2D eigenvalue weighted by Crippen LogP contribution is 1.96.